The molecule has 0 atom stereocenters. The van der Waals surface area contributed by atoms with E-state index in [9.17, 15) is 9.59 Å². The predicted octanol–water partition coefficient (Wildman–Crippen LogP) is 0.829. The number of carbonyl (C=O) groups is 2. The number of Topliss-reactive ketones (excluding diaryl/α,β-unsaturated/α-hetero) is 1. The smallest absolute Gasteiger partial charge is 0.222 e. The minimum atomic E-state index is 0.0470. The highest BCUT2D eigenvalue weighted by atomic mass is 16.5. The third kappa shape index (κ3) is 6.68. The van der Waals surface area contributed by atoms with Gasteiger partial charge in [-0.15, -0.1) is 0 Å². The van der Waals surface area contributed by atoms with Crippen LogP contribution in [0.4, 0.5) is 0 Å². The zero-order valence-electron chi connectivity index (χ0n) is 12.3. The second-order valence-electron chi connectivity index (χ2n) is 5.50. The third-order valence-corrected chi connectivity index (χ3v) is 3.31. The number of amides is 1. The molecule has 1 aliphatic rings. The van der Waals surface area contributed by atoms with E-state index >= 15 is 0 Å². The van der Waals surface area contributed by atoms with E-state index in [0.717, 1.165) is 32.5 Å². The Morgan fingerprint density at radius 1 is 1.32 bits per heavy atom. The molecule has 5 nitrogen and oxygen atoms in total. The molecule has 1 saturated heterocycles. The molecule has 1 rings (SSSR count). The molecule has 0 aromatic rings. The maximum Gasteiger partial charge on any atom is 0.222 e. The Morgan fingerprint density at radius 3 is 2.47 bits per heavy atom. The number of ketones is 1. The van der Waals surface area contributed by atoms with Crippen LogP contribution in [0.25, 0.3) is 0 Å². The second kappa shape index (κ2) is 8.27. The largest absolute Gasteiger partial charge is 0.370 e. The van der Waals surface area contributed by atoms with Gasteiger partial charge in [0, 0.05) is 32.1 Å². The third-order valence-electron chi connectivity index (χ3n) is 3.31. The van der Waals surface area contributed by atoms with Gasteiger partial charge in [-0.25, -0.2) is 0 Å². The van der Waals surface area contributed by atoms with Crippen molar-refractivity contribution in [2.24, 2.45) is 5.92 Å². The van der Waals surface area contributed by atoms with Gasteiger partial charge in [0.2, 0.25) is 5.91 Å². The Balaban J connectivity index is 2.10. The van der Waals surface area contributed by atoms with E-state index in [4.69, 9.17) is 4.74 Å². The lowest BCUT2D eigenvalue weighted by atomic mass is 10.1. The van der Waals surface area contributed by atoms with Gasteiger partial charge < -0.3 is 15.0 Å². The summed E-state index contributed by atoms with van der Waals surface area (Å²) >= 11 is 0. The van der Waals surface area contributed by atoms with E-state index in [1.54, 1.807) is 6.92 Å². The summed E-state index contributed by atoms with van der Waals surface area (Å²) in [4.78, 5) is 24.6. The van der Waals surface area contributed by atoms with Crippen molar-refractivity contribution >= 4 is 11.7 Å². The molecule has 110 valence electrons. The Morgan fingerprint density at radius 2 is 1.95 bits per heavy atom. The average molecular weight is 270 g/mol. The van der Waals surface area contributed by atoms with Gasteiger partial charge in [0.1, 0.15) is 6.61 Å². The summed E-state index contributed by atoms with van der Waals surface area (Å²) in [5.74, 6) is 0.240. The van der Waals surface area contributed by atoms with Gasteiger partial charge >= 0.3 is 0 Å². The van der Waals surface area contributed by atoms with E-state index in [0.29, 0.717) is 6.54 Å². The van der Waals surface area contributed by atoms with Crippen LogP contribution in [0, 0.1) is 5.92 Å². The van der Waals surface area contributed by atoms with Gasteiger partial charge in [-0.05, 0) is 19.8 Å². The number of nitrogens with zero attached hydrogens (tertiary/aromatic N) is 1. The van der Waals surface area contributed by atoms with Crippen molar-refractivity contribution in [1.82, 2.24) is 10.2 Å². The van der Waals surface area contributed by atoms with Crippen LogP contribution in [0.15, 0.2) is 0 Å². The monoisotopic (exact) mass is 270 g/mol. The molecule has 0 saturated carbocycles. The Bertz CT molecular complexity index is 297. The highest BCUT2D eigenvalue weighted by Crippen LogP contribution is 2.13. The molecule has 1 fully saturated rings. The normalized spacial score (nSPS) is 17.7. The van der Waals surface area contributed by atoms with E-state index in [1.807, 2.05) is 13.8 Å². The molecular formula is C14H26N2O3. The van der Waals surface area contributed by atoms with Crippen LogP contribution in [0.5, 0.6) is 0 Å². The van der Waals surface area contributed by atoms with Crippen LogP contribution in [-0.4, -0.2) is 55.5 Å². The first kappa shape index (κ1) is 16.1. The topological polar surface area (TPSA) is 58.6 Å². The molecule has 0 bridgehead atoms. The van der Waals surface area contributed by atoms with Crippen molar-refractivity contribution in [2.75, 3.05) is 32.8 Å². The van der Waals surface area contributed by atoms with Gasteiger partial charge in [0.25, 0.3) is 0 Å². The molecule has 1 aliphatic heterocycles. The summed E-state index contributed by atoms with van der Waals surface area (Å²) in [5.41, 5.74) is 0. The lowest BCUT2D eigenvalue weighted by Crippen LogP contribution is -2.42. The first-order valence-corrected chi connectivity index (χ1v) is 7.10. The fourth-order valence-electron chi connectivity index (χ4n) is 2.08. The predicted molar refractivity (Wildman–Crippen MR) is 73.9 cm³/mol. The van der Waals surface area contributed by atoms with Crippen molar-refractivity contribution < 1.29 is 14.3 Å². The summed E-state index contributed by atoms with van der Waals surface area (Å²) in [6.45, 7) is 9.11. The Labute approximate surface area is 115 Å². The standard InChI is InChI=1S/C14H26N2O3/c1-11(2)14(18)15-6-9-16-7-4-13(5-8-16)19-10-12(3)17/h11,13H,4-10H2,1-3H3,(H,15,18). The molecule has 5 heteroatoms. The average Bonchev–Trinajstić information content (AvgIpc) is 2.37. The van der Waals surface area contributed by atoms with Crippen molar-refractivity contribution in [3.8, 4) is 0 Å². The molecule has 0 unspecified atom stereocenters. The van der Waals surface area contributed by atoms with E-state index in [1.165, 1.54) is 0 Å². The summed E-state index contributed by atoms with van der Waals surface area (Å²) in [5, 5.41) is 2.92. The van der Waals surface area contributed by atoms with Gasteiger partial charge in [-0.2, -0.15) is 0 Å². The van der Waals surface area contributed by atoms with Crippen molar-refractivity contribution in [3.05, 3.63) is 0 Å². The fourth-order valence-corrected chi connectivity index (χ4v) is 2.08. The number of piperidine rings is 1. The highest BCUT2D eigenvalue weighted by molar-refractivity contribution is 5.77. The Kier molecular flexibility index (Phi) is 7.02. The van der Waals surface area contributed by atoms with Gasteiger partial charge in [-0.3, -0.25) is 9.59 Å². The van der Waals surface area contributed by atoms with Gasteiger partial charge in [0.05, 0.1) is 6.10 Å². The maximum absolute atomic E-state index is 11.4. The van der Waals surface area contributed by atoms with Crippen LogP contribution in [-0.2, 0) is 14.3 Å². The van der Waals surface area contributed by atoms with E-state index in [-0.39, 0.29) is 30.3 Å². The molecule has 0 aromatic heterocycles. The lowest BCUT2D eigenvalue weighted by molar-refractivity contribution is -0.124. The molecule has 0 radical (unpaired) electrons. The molecule has 1 amide bonds. The van der Waals surface area contributed by atoms with Crippen LogP contribution >= 0.6 is 0 Å². The summed E-state index contributed by atoms with van der Waals surface area (Å²) in [6.07, 6.45) is 2.14. The van der Waals surface area contributed by atoms with Crippen molar-refractivity contribution in [3.63, 3.8) is 0 Å². The minimum absolute atomic E-state index is 0.0470. The number of likely N-dealkylation sites (tertiary alicyclic amines) is 1. The molecule has 19 heavy (non-hydrogen) atoms. The minimum Gasteiger partial charge on any atom is -0.370 e. The molecule has 0 aromatic carbocycles. The number of hydrogen-bond donors (Lipinski definition) is 1. The molecule has 1 N–H and O–H groups in total. The number of nitrogens with one attached hydrogen (secondary N) is 1. The molecule has 0 aliphatic carbocycles. The van der Waals surface area contributed by atoms with E-state index < -0.39 is 0 Å². The van der Waals surface area contributed by atoms with E-state index in [2.05, 4.69) is 10.2 Å². The number of carbonyl (C=O) groups excluding carboxylic acids is 2. The summed E-state index contributed by atoms with van der Waals surface area (Å²) in [6, 6.07) is 0. The molecule has 1 heterocycles. The maximum atomic E-state index is 11.4. The van der Waals surface area contributed by atoms with Crippen LogP contribution < -0.4 is 5.32 Å². The summed E-state index contributed by atoms with van der Waals surface area (Å²) in [7, 11) is 0. The molecular weight excluding hydrogens is 244 g/mol. The summed E-state index contributed by atoms with van der Waals surface area (Å²) < 4.78 is 5.52. The Hall–Kier alpha value is -0.940. The molecule has 0 spiro atoms. The zero-order valence-corrected chi connectivity index (χ0v) is 12.3. The van der Waals surface area contributed by atoms with Crippen LogP contribution in [0.2, 0.25) is 0 Å². The zero-order chi connectivity index (χ0) is 14.3. The second-order valence-corrected chi connectivity index (χ2v) is 5.50. The first-order chi connectivity index (χ1) is 8.99. The van der Waals surface area contributed by atoms with Crippen LogP contribution in [0.3, 0.4) is 0 Å². The van der Waals surface area contributed by atoms with Gasteiger partial charge in [-0.1, -0.05) is 13.8 Å². The number of hydrogen-bond acceptors (Lipinski definition) is 4. The highest BCUT2D eigenvalue weighted by Gasteiger charge is 2.19. The lowest BCUT2D eigenvalue weighted by Gasteiger charge is -2.31. The fraction of sp³-hybridized carbons (Fsp3) is 0.857. The van der Waals surface area contributed by atoms with Crippen molar-refractivity contribution in [2.45, 2.75) is 39.7 Å². The van der Waals surface area contributed by atoms with Crippen LogP contribution in [0.1, 0.15) is 33.6 Å². The quantitative estimate of drug-likeness (QED) is 0.744. The number of rotatable bonds is 7. The number of ether oxygens (including phenoxy) is 1. The van der Waals surface area contributed by atoms with Gasteiger partial charge in [0.15, 0.2) is 5.78 Å². The SMILES string of the molecule is CC(=O)COC1CCN(CCNC(=O)C(C)C)CC1. The van der Waals surface area contributed by atoms with Crippen molar-refractivity contribution in [1.29, 1.82) is 0 Å². The first-order valence-electron chi connectivity index (χ1n) is 7.10.